The third-order valence-electron chi connectivity index (χ3n) is 4.64. The van der Waals surface area contributed by atoms with E-state index in [0.717, 1.165) is 22.4 Å². The van der Waals surface area contributed by atoms with E-state index in [1.165, 1.54) is 0 Å². The molecule has 1 heterocycles. The Balaban J connectivity index is 1.81. The SMILES string of the molecule is CCOc1ccccc1CNC(=O)C1c2ccccc2CC(=O)N1CC. The molecule has 136 valence electrons. The molecular weight excluding hydrogens is 328 g/mol. The number of para-hydroxylation sites is 1. The molecule has 2 aromatic rings. The van der Waals surface area contributed by atoms with Gasteiger partial charge in [0.1, 0.15) is 11.8 Å². The highest BCUT2D eigenvalue weighted by Gasteiger charge is 2.35. The number of hydrogen-bond acceptors (Lipinski definition) is 3. The lowest BCUT2D eigenvalue weighted by molar-refractivity contribution is -0.141. The number of fused-ring (bicyclic) bond motifs is 1. The molecule has 2 aromatic carbocycles. The third kappa shape index (κ3) is 3.57. The molecule has 5 nitrogen and oxygen atoms in total. The Bertz CT molecular complexity index is 803. The first-order valence-electron chi connectivity index (χ1n) is 9.01. The van der Waals surface area contributed by atoms with Crippen molar-refractivity contribution in [1.82, 2.24) is 10.2 Å². The summed E-state index contributed by atoms with van der Waals surface area (Å²) in [5.41, 5.74) is 2.75. The largest absolute Gasteiger partial charge is 0.494 e. The van der Waals surface area contributed by atoms with Crippen LogP contribution in [0.2, 0.25) is 0 Å². The first kappa shape index (κ1) is 18.0. The van der Waals surface area contributed by atoms with Crippen LogP contribution in [0.15, 0.2) is 48.5 Å². The Hall–Kier alpha value is -2.82. The minimum absolute atomic E-state index is 0.0129. The Morgan fingerprint density at radius 3 is 2.65 bits per heavy atom. The molecule has 0 aromatic heterocycles. The summed E-state index contributed by atoms with van der Waals surface area (Å²) in [6.07, 6.45) is 0.348. The van der Waals surface area contributed by atoms with E-state index >= 15 is 0 Å². The van der Waals surface area contributed by atoms with Crippen molar-refractivity contribution in [3.8, 4) is 5.75 Å². The second-order valence-corrected chi connectivity index (χ2v) is 6.22. The third-order valence-corrected chi connectivity index (χ3v) is 4.64. The highest BCUT2D eigenvalue weighted by Crippen LogP contribution is 2.30. The summed E-state index contributed by atoms with van der Waals surface area (Å²) in [7, 11) is 0. The number of likely N-dealkylation sites (N-methyl/N-ethyl adjacent to an activating group) is 1. The fourth-order valence-corrected chi connectivity index (χ4v) is 3.41. The quantitative estimate of drug-likeness (QED) is 0.870. The van der Waals surface area contributed by atoms with Crippen LogP contribution in [0.1, 0.15) is 36.6 Å². The summed E-state index contributed by atoms with van der Waals surface area (Å²) in [5.74, 6) is 0.586. The maximum atomic E-state index is 13.0. The van der Waals surface area contributed by atoms with Crippen LogP contribution in [0.5, 0.6) is 5.75 Å². The van der Waals surface area contributed by atoms with Gasteiger partial charge in [-0.05, 0) is 31.0 Å². The van der Waals surface area contributed by atoms with E-state index < -0.39 is 6.04 Å². The van der Waals surface area contributed by atoms with Gasteiger partial charge in [0, 0.05) is 18.7 Å². The van der Waals surface area contributed by atoms with Crippen LogP contribution in [0.4, 0.5) is 0 Å². The second-order valence-electron chi connectivity index (χ2n) is 6.22. The van der Waals surface area contributed by atoms with Gasteiger partial charge in [-0.1, -0.05) is 42.5 Å². The molecule has 1 atom stereocenters. The lowest BCUT2D eigenvalue weighted by Crippen LogP contribution is -2.47. The van der Waals surface area contributed by atoms with Crippen LogP contribution in [0.3, 0.4) is 0 Å². The zero-order valence-corrected chi connectivity index (χ0v) is 15.2. The molecule has 1 N–H and O–H groups in total. The Morgan fingerprint density at radius 2 is 1.88 bits per heavy atom. The minimum atomic E-state index is -0.586. The van der Waals surface area contributed by atoms with E-state index in [2.05, 4.69) is 5.32 Å². The molecule has 0 fully saturated rings. The van der Waals surface area contributed by atoms with Gasteiger partial charge in [0.15, 0.2) is 0 Å². The summed E-state index contributed by atoms with van der Waals surface area (Å²) in [5, 5.41) is 2.98. The average Bonchev–Trinajstić information content (AvgIpc) is 2.66. The van der Waals surface area contributed by atoms with E-state index in [1.54, 1.807) is 4.90 Å². The number of carbonyl (C=O) groups excluding carboxylic acids is 2. The first-order chi connectivity index (χ1) is 12.7. The van der Waals surface area contributed by atoms with Gasteiger partial charge in [-0.15, -0.1) is 0 Å². The van der Waals surface area contributed by atoms with Crippen LogP contribution in [-0.2, 0) is 22.6 Å². The van der Waals surface area contributed by atoms with Crippen LogP contribution in [-0.4, -0.2) is 29.9 Å². The molecule has 2 amide bonds. The number of hydrogen-bond donors (Lipinski definition) is 1. The molecule has 0 aliphatic carbocycles. The van der Waals surface area contributed by atoms with Crippen molar-refractivity contribution in [2.45, 2.75) is 32.9 Å². The molecule has 0 saturated carbocycles. The number of amides is 2. The lowest BCUT2D eigenvalue weighted by Gasteiger charge is -2.35. The number of nitrogens with one attached hydrogen (secondary N) is 1. The van der Waals surface area contributed by atoms with E-state index in [-0.39, 0.29) is 11.8 Å². The summed E-state index contributed by atoms with van der Waals surface area (Å²) in [6.45, 7) is 5.26. The highest BCUT2D eigenvalue weighted by atomic mass is 16.5. The van der Waals surface area contributed by atoms with E-state index in [0.29, 0.717) is 26.1 Å². The highest BCUT2D eigenvalue weighted by molar-refractivity contribution is 5.92. The number of rotatable bonds is 6. The predicted molar refractivity (Wildman–Crippen MR) is 99.7 cm³/mol. The smallest absolute Gasteiger partial charge is 0.247 e. The molecule has 26 heavy (non-hydrogen) atoms. The standard InChI is InChI=1S/C21H24N2O3/c1-3-23-19(24)13-15-9-5-7-11-17(15)20(23)21(25)22-14-16-10-6-8-12-18(16)26-4-2/h5-12,20H,3-4,13-14H2,1-2H3,(H,22,25). The summed E-state index contributed by atoms with van der Waals surface area (Å²) < 4.78 is 5.61. The van der Waals surface area contributed by atoms with Crippen molar-refractivity contribution in [1.29, 1.82) is 0 Å². The van der Waals surface area contributed by atoms with Gasteiger partial charge in [-0.25, -0.2) is 0 Å². The fourth-order valence-electron chi connectivity index (χ4n) is 3.41. The minimum Gasteiger partial charge on any atom is -0.494 e. The summed E-state index contributed by atoms with van der Waals surface area (Å²) in [4.78, 5) is 27.1. The molecule has 3 rings (SSSR count). The van der Waals surface area contributed by atoms with Crippen molar-refractivity contribution in [3.63, 3.8) is 0 Å². The van der Waals surface area contributed by atoms with Crippen molar-refractivity contribution < 1.29 is 14.3 Å². The molecule has 0 spiro atoms. The molecule has 5 heteroatoms. The van der Waals surface area contributed by atoms with Crippen molar-refractivity contribution in [2.75, 3.05) is 13.2 Å². The first-order valence-corrected chi connectivity index (χ1v) is 9.01. The number of nitrogens with zero attached hydrogens (tertiary/aromatic N) is 1. The average molecular weight is 352 g/mol. The van der Waals surface area contributed by atoms with Crippen LogP contribution in [0, 0.1) is 0 Å². The zero-order chi connectivity index (χ0) is 18.5. The molecule has 0 radical (unpaired) electrons. The van der Waals surface area contributed by atoms with Gasteiger partial charge in [-0.2, -0.15) is 0 Å². The molecule has 1 unspecified atom stereocenters. The Labute approximate surface area is 154 Å². The fraction of sp³-hybridized carbons (Fsp3) is 0.333. The predicted octanol–water partition coefficient (Wildman–Crippen LogP) is 2.85. The molecule has 0 bridgehead atoms. The van der Waals surface area contributed by atoms with Gasteiger partial charge in [0.25, 0.3) is 0 Å². The number of ether oxygens (including phenoxy) is 1. The lowest BCUT2D eigenvalue weighted by atomic mass is 9.91. The van der Waals surface area contributed by atoms with Crippen molar-refractivity contribution >= 4 is 11.8 Å². The summed E-state index contributed by atoms with van der Waals surface area (Å²) >= 11 is 0. The Morgan fingerprint density at radius 1 is 1.15 bits per heavy atom. The normalized spacial score (nSPS) is 16.2. The monoisotopic (exact) mass is 352 g/mol. The van der Waals surface area contributed by atoms with Crippen LogP contribution < -0.4 is 10.1 Å². The Kier molecular flexibility index (Phi) is 5.56. The molecule has 0 saturated heterocycles. The zero-order valence-electron chi connectivity index (χ0n) is 15.2. The number of benzene rings is 2. The van der Waals surface area contributed by atoms with E-state index in [9.17, 15) is 9.59 Å². The molecular formula is C21H24N2O3. The van der Waals surface area contributed by atoms with E-state index in [1.807, 2.05) is 62.4 Å². The van der Waals surface area contributed by atoms with Crippen molar-refractivity contribution in [2.24, 2.45) is 0 Å². The van der Waals surface area contributed by atoms with Gasteiger partial charge in [-0.3, -0.25) is 9.59 Å². The maximum Gasteiger partial charge on any atom is 0.247 e. The van der Waals surface area contributed by atoms with E-state index in [4.69, 9.17) is 4.74 Å². The van der Waals surface area contributed by atoms with Crippen LogP contribution >= 0.6 is 0 Å². The molecule has 1 aliphatic heterocycles. The van der Waals surface area contributed by atoms with Gasteiger partial charge in [0.05, 0.1) is 13.0 Å². The van der Waals surface area contributed by atoms with Crippen LogP contribution in [0.25, 0.3) is 0 Å². The summed E-state index contributed by atoms with van der Waals surface area (Å²) in [6, 6.07) is 14.7. The number of carbonyl (C=O) groups is 2. The van der Waals surface area contributed by atoms with Gasteiger partial charge in [0.2, 0.25) is 11.8 Å². The topological polar surface area (TPSA) is 58.6 Å². The molecule has 1 aliphatic rings. The second kappa shape index (κ2) is 8.04. The van der Waals surface area contributed by atoms with Gasteiger partial charge < -0.3 is 15.0 Å². The maximum absolute atomic E-state index is 13.0. The van der Waals surface area contributed by atoms with Crippen molar-refractivity contribution in [3.05, 3.63) is 65.2 Å². The van der Waals surface area contributed by atoms with Gasteiger partial charge >= 0.3 is 0 Å².